The van der Waals surface area contributed by atoms with Gasteiger partial charge in [0.15, 0.2) is 0 Å². The molecule has 0 unspecified atom stereocenters. The summed E-state index contributed by atoms with van der Waals surface area (Å²) < 4.78 is 0. The van der Waals surface area contributed by atoms with Crippen LogP contribution < -0.4 is 5.32 Å². The van der Waals surface area contributed by atoms with E-state index in [1.807, 2.05) is 0 Å². The van der Waals surface area contributed by atoms with Gasteiger partial charge in [-0.1, -0.05) is 0 Å². The minimum absolute atomic E-state index is 0.793. The molecule has 0 saturated carbocycles. The lowest BCUT2D eigenvalue weighted by Gasteiger charge is -2.22. The van der Waals surface area contributed by atoms with Gasteiger partial charge in [-0.05, 0) is 52.2 Å². The first-order valence-corrected chi connectivity index (χ1v) is 6.40. The molecule has 0 aromatic rings. The van der Waals surface area contributed by atoms with E-state index < -0.39 is 0 Å². The van der Waals surface area contributed by atoms with E-state index in [0.29, 0.717) is 0 Å². The van der Waals surface area contributed by atoms with Crippen LogP contribution in [0.2, 0.25) is 0 Å². The highest BCUT2D eigenvalue weighted by atomic mass is 32.2. The summed E-state index contributed by atoms with van der Waals surface area (Å²) in [6.07, 6.45) is 4.05. The summed E-state index contributed by atoms with van der Waals surface area (Å²) >= 11 is 2.09. The zero-order valence-electron chi connectivity index (χ0n) is 8.88. The van der Waals surface area contributed by atoms with Crippen molar-refractivity contribution < 1.29 is 0 Å². The van der Waals surface area contributed by atoms with Crippen molar-refractivity contribution in [3.05, 3.63) is 0 Å². The summed E-state index contributed by atoms with van der Waals surface area (Å²) in [7, 11) is 4.27. The molecule has 0 amide bonds. The summed E-state index contributed by atoms with van der Waals surface area (Å²) in [5, 5.41) is 3.63. The van der Waals surface area contributed by atoms with Crippen molar-refractivity contribution in [2.45, 2.75) is 25.3 Å². The zero-order chi connectivity index (χ0) is 9.52. The predicted molar refractivity (Wildman–Crippen MR) is 61.5 cm³/mol. The first kappa shape index (κ1) is 11.3. The van der Waals surface area contributed by atoms with E-state index in [-0.39, 0.29) is 0 Å². The zero-order valence-corrected chi connectivity index (χ0v) is 9.70. The molecular weight excluding hydrogens is 180 g/mol. The van der Waals surface area contributed by atoms with Gasteiger partial charge in [0, 0.05) is 11.8 Å². The van der Waals surface area contributed by atoms with E-state index in [1.54, 1.807) is 0 Å². The molecule has 1 heterocycles. The van der Waals surface area contributed by atoms with Gasteiger partial charge < -0.3 is 10.2 Å². The summed E-state index contributed by atoms with van der Waals surface area (Å²) in [5.41, 5.74) is 0. The van der Waals surface area contributed by atoms with Gasteiger partial charge in [-0.15, -0.1) is 0 Å². The van der Waals surface area contributed by atoms with Crippen LogP contribution in [0.1, 0.15) is 19.3 Å². The molecule has 1 atom stereocenters. The first-order valence-electron chi connectivity index (χ1n) is 5.25. The second kappa shape index (κ2) is 6.68. The maximum atomic E-state index is 3.63. The van der Waals surface area contributed by atoms with E-state index >= 15 is 0 Å². The molecule has 0 bridgehead atoms. The van der Waals surface area contributed by atoms with Gasteiger partial charge in [-0.25, -0.2) is 0 Å². The second-order valence-electron chi connectivity index (χ2n) is 4.03. The van der Waals surface area contributed by atoms with E-state index in [2.05, 4.69) is 36.1 Å². The number of thioether (sulfide) groups is 1. The van der Waals surface area contributed by atoms with Gasteiger partial charge in [-0.2, -0.15) is 11.8 Å². The third-order valence-corrected chi connectivity index (χ3v) is 3.59. The van der Waals surface area contributed by atoms with Crippen molar-refractivity contribution in [3.63, 3.8) is 0 Å². The van der Waals surface area contributed by atoms with E-state index in [1.165, 1.54) is 43.9 Å². The molecule has 13 heavy (non-hydrogen) atoms. The summed E-state index contributed by atoms with van der Waals surface area (Å²) in [6, 6.07) is 0.793. The van der Waals surface area contributed by atoms with Crippen LogP contribution in [0.5, 0.6) is 0 Å². The number of nitrogens with zero attached hydrogens (tertiary/aromatic N) is 1. The molecule has 1 fully saturated rings. The van der Waals surface area contributed by atoms with Crippen LogP contribution in [0.25, 0.3) is 0 Å². The maximum Gasteiger partial charge on any atom is 0.0158 e. The number of nitrogens with one attached hydrogen (secondary N) is 1. The highest BCUT2D eigenvalue weighted by molar-refractivity contribution is 7.99. The minimum Gasteiger partial charge on any atom is -0.313 e. The number of rotatable bonds is 5. The fourth-order valence-corrected chi connectivity index (χ4v) is 2.71. The van der Waals surface area contributed by atoms with Crippen molar-refractivity contribution in [1.82, 2.24) is 10.2 Å². The molecule has 1 aliphatic rings. The molecule has 2 nitrogen and oxygen atoms in total. The molecule has 0 aromatic heterocycles. The van der Waals surface area contributed by atoms with Gasteiger partial charge in [0.05, 0.1) is 0 Å². The Kier molecular flexibility index (Phi) is 5.83. The minimum atomic E-state index is 0.793. The Labute approximate surface area is 86.5 Å². The van der Waals surface area contributed by atoms with Gasteiger partial charge >= 0.3 is 0 Å². The highest BCUT2D eigenvalue weighted by Gasteiger charge is 2.11. The molecule has 3 heteroatoms. The molecule has 0 aromatic carbocycles. The molecule has 1 saturated heterocycles. The Bertz CT molecular complexity index is 122. The van der Waals surface area contributed by atoms with Gasteiger partial charge in [0.1, 0.15) is 0 Å². The molecule has 1 rings (SSSR count). The lowest BCUT2D eigenvalue weighted by Crippen LogP contribution is -2.35. The van der Waals surface area contributed by atoms with Crippen LogP contribution in [-0.4, -0.2) is 49.6 Å². The molecule has 0 aliphatic carbocycles. The normalized spacial score (nSPS) is 23.8. The lowest BCUT2D eigenvalue weighted by atomic mass is 10.2. The SMILES string of the molecule is CN(C)CCCN[C@@H]1CCCSC1. The Morgan fingerprint density at radius 1 is 1.46 bits per heavy atom. The maximum absolute atomic E-state index is 3.63. The van der Waals surface area contributed by atoms with Crippen molar-refractivity contribution in [2.24, 2.45) is 0 Å². The van der Waals surface area contributed by atoms with Crippen molar-refractivity contribution in [2.75, 3.05) is 38.7 Å². The molecule has 78 valence electrons. The summed E-state index contributed by atoms with van der Waals surface area (Å²) in [4.78, 5) is 2.25. The van der Waals surface area contributed by atoms with Crippen LogP contribution in [-0.2, 0) is 0 Å². The third kappa shape index (κ3) is 5.55. The monoisotopic (exact) mass is 202 g/mol. The average molecular weight is 202 g/mol. The number of hydrogen-bond acceptors (Lipinski definition) is 3. The van der Waals surface area contributed by atoms with Crippen molar-refractivity contribution >= 4 is 11.8 Å². The standard InChI is InChI=1S/C10H22N2S/c1-12(2)7-4-6-11-10-5-3-8-13-9-10/h10-11H,3-9H2,1-2H3/t10-/m1/s1. The van der Waals surface area contributed by atoms with Crippen LogP contribution in [0.15, 0.2) is 0 Å². The van der Waals surface area contributed by atoms with Crippen LogP contribution >= 0.6 is 11.8 Å². The lowest BCUT2D eigenvalue weighted by molar-refractivity contribution is 0.385. The van der Waals surface area contributed by atoms with Gasteiger partial charge in [0.2, 0.25) is 0 Å². The second-order valence-corrected chi connectivity index (χ2v) is 5.17. The number of hydrogen-bond donors (Lipinski definition) is 1. The van der Waals surface area contributed by atoms with Crippen molar-refractivity contribution in [3.8, 4) is 0 Å². The molecular formula is C10H22N2S. The summed E-state index contributed by atoms with van der Waals surface area (Å²) in [5.74, 6) is 2.69. The largest absolute Gasteiger partial charge is 0.313 e. The fraction of sp³-hybridized carbons (Fsp3) is 1.00. The third-order valence-electron chi connectivity index (χ3n) is 2.38. The van der Waals surface area contributed by atoms with Crippen LogP contribution in [0.3, 0.4) is 0 Å². The first-order chi connectivity index (χ1) is 6.29. The van der Waals surface area contributed by atoms with E-state index in [9.17, 15) is 0 Å². The van der Waals surface area contributed by atoms with Gasteiger partial charge in [0.25, 0.3) is 0 Å². The van der Waals surface area contributed by atoms with Gasteiger partial charge in [-0.3, -0.25) is 0 Å². The topological polar surface area (TPSA) is 15.3 Å². The fourth-order valence-electron chi connectivity index (χ4n) is 1.60. The van der Waals surface area contributed by atoms with Crippen molar-refractivity contribution in [1.29, 1.82) is 0 Å². The quantitative estimate of drug-likeness (QED) is 0.679. The molecule has 0 spiro atoms. The highest BCUT2D eigenvalue weighted by Crippen LogP contribution is 2.16. The Hall–Kier alpha value is 0.270. The molecule has 1 N–H and O–H groups in total. The van der Waals surface area contributed by atoms with E-state index in [0.717, 1.165) is 6.04 Å². The Morgan fingerprint density at radius 2 is 2.31 bits per heavy atom. The van der Waals surface area contributed by atoms with Crippen LogP contribution in [0, 0.1) is 0 Å². The average Bonchev–Trinajstić information content (AvgIpc) is 2.14. The smallest absolute Gasteiger partial charge is 0.0158 e. The molecule has 1 aliphatic heterocycles. The Morgan fingerprint density at radius 3 is 2.92 bits per heavy atom. The Balaban J connectivity index is 1.92. The summed E-state index contributed by atoms with van der Waals surface area (Å²) in [6.45, 7) is 2.39. The molecule has 0 radical (unpaired) electrons. The predicted octanol–water partition coefficient (Wildman–Crippen LogP) is 1.42. The van der Waals surface area contributed by atoms with E-state index in [4.69, 9.17) is 0 Å². The van der Waals surface area contributed by atoms with Crippen LogP contribution in [0.4, 0.5) is 0 Å².